The first-order valence-electron chi connectivity index (χ1n) is 6.44. The number of aromatic nitrogens is 2. The van der Waals surface area contributed by atoms with E-state index in [1.54, 1.807) is 0 Å². The van der Waals surface area contributed by atoms with Crippen LogP contribution in [0.5, 0.6) is 0 Å². The van der Waals surface area contributed by atoms with E-state index in [9.17, 15) is 0 Å². The Labute approximate surface area is 102 Å². The van der Waals surface area contributed by atoms with Gasteiger partial charge in [0.2, 0.25) is 5.89 Å². The van der Waals surface area contributed by atoms with Crippen LogP contribution in [0.3, 0.4) is 0 Å². The van der Waals surface area contributed by atoms with Gasteiger partial charge in [-0.05, 0) is 32.9 Å². The Morgan fingerprint density at radius 2 is 2.12 bits per heavy atom. The first-order chi connectivity index (χ1) is 8.14. The maximum absolute atomic E-state index is 6.28. The van der Waals surface area contributed by atoms with Crippen molar-refractivity contribution in [3.8, 4) is 0 Å². The third-order valence-electron chi connectivity index (χ3n) is 3.42. The van der Waals surface area contributed by atoms with E-state index in [1.807, 2.05) is 0 Å². The van der Waals surface area contributed by atoms with E-state index in [-0.39, 0.29) is 5.54 Å². The minimum Gasteiger partial charge on any atom is -0.338 e. The van der Waals surface area contributed by atoms with Crippen molar-refractivity contribution in [1.82, 2.24) is 15.0 Å². The van der Waals surface area contributed by atoms with Crippen LogP contribution < -0.4 is 5.73 Å². The summed E-state index contributed by atoms with van der Waals surface area (Å²) in [5.74, 6) is 1.36. The number of rotatable bonds is 5. The molecule has 1 aliphatic carbocycles. The summed E-state index contributed by atoms with van der Waals surface area (Å²) in [7, 11) is 2.06. The highest BCUT2D eigenvalue weighted by Gasteiger charge is 2.35. The van der Waals surface area contributed by atoms with Gasteiger partial charge in [0.15, 0.2) is 5.82 Å². The van der Waals surface area contributed by atoms with Crippen molar-refractivity contribution in [3.05, 3.63) is 11.7 Å². The van der Waals surface area contributed by atoms with Gasteiger partial charge in [-0.2, -0.15) is 4.98 Å². The summed E-state index contributed by atoms with van der Waals surface area (Å²) >= 11 is 0. The molecule has 96 valence electrons. The second-order valence-corrected chi connectivity index (χ2v) is 5.11. The molecule has 0 aromatic carbocycles. The van der Waals surface area contributed by atoms with E-state index in [2.05, 4.69) is 29.0 Å². The average Bonchev–Trinajstić information content (AvgIpc) is 2.88. The molecule has 0 amide bonds. The van der Waals surface area contributed by atoms with Gasteiger partial charge < -0.3 is 10.3 Å². The van der Waals surface area contributed by atoms with Gasteiger partial charge in [-0.15, -0.1) is 0 Å². The van der Waals surface area contributed by atoms with E-state index in [0.29, 0.717) is 18.3 Å². The molecule has 1 saturated carbocycles. The van der Waals surface area contributed by atoms with Crippen LogP contribution in [-0.4, -0.2) is 28.6 Å². The Morgan fingerprint density at radius 1 is 1.41 bits per heavy atom. The molecule has 1 fully saturated rings. The molecule has 0 unspecified atom stereocenters. The molecule has 17 heavy (non-hydrogen) atoms. The largest absolute Gasteiger partial charge is 0.338 e. The lowest BCUT2D eigenvalue weighted by Crippen LogP contribution is -2.34. The van der Waals surface area contributed by atoms with E-state index in [1.165, 1.54) is 0 Å². The highest BCUT2D eigenvalue weighted by atomic mass is 16.5. The van der Waals surface area contributed by atoms with Crippen molar-refractivity contribution >= 4 is 0 Å². The molecule has 0 aliphatic heterocycles. The molecular formula is C12H22N4O. The maximum Gasteiger partial charge on any atom is 0.240 e. The lowest BCUT2D eigenvalue weighted by Gasteiger charge is -2.17. The van der Waals surface area contributed by atoms with Crippen molar-refractivity contribution in [2.24, 2.45) is 5.73 Å². The number of hydrogen-bond donors (Lipinski definition) is 1. The molecule has 5 nitrogen and oxygen atoms in total. The topological polar surface area (TPSA) is 68.2 Å². The second-order valence-electron chi connectivity index (χ2n) is 5.11. The summed E-state index contributed by atoms with van der Waals surface area (Å²) in [5.41, 5.74) is 5.94. The Balaban J connectivity index is 2.00. The van der Waals surface area contributed by atoms with E-state index < -0.39 is 0 Å². The van der Waals surface area contributed by atoms with Crippen LogP contribution in [0.2, 0.25) is 0 Å². The summed E-state index contributed by atoms with van der Waals surface area (Å²) < 4.78 is 5.28. The summed E-state index contributed by atoms with van der Waals surface area (Å²) in [6, 6.07) is 0. The summed E-state index contributed by atoms with van der Waals surface area (Å²) in [5, 5.41) is 4.05. The fraction of sp³-hybridized carbons (Fsp3) is 0.833. The Hall–Kier alpha value is -0.940. The van der Waals surface area contributed by atoms with Crippen LogP contribution in [0, 0.1) is 0 Å². The van der Waals surface area contributed by atoms with Crippen molar-refractivity contribution < 1.29 is 4.52 Å². The minimum absolute atomic E-state index is 0.342. The van der Waals surface area contributed by atoms with Crippen LogP contribution in [0.25, 0.3) is 0 Å². The van der Waals surface area contributed by atoms with Crippen LogP contribution >= 0.6 is 0 Å². The third-order valence-corrected chi connectivity index (χ3v) is 3.42. The monoisotopic (exact) mass is 238 g/mol. The smallest absolute Gasteiger partial charge is 0.240 e. The molecule has 5 heteroatoms. The van der Waals surface area contributed by atoms with Crippen LogP contribution in [0.1, 0.15) is 50.7 Å². The van der Waals surface area contributed by atoms with Crippen molar-refractivity contribution in [3.63, 3.8) is 0 Å². The number of nitrogens with two attached hydrogens (primary N) is 1. The molecule has 0 atom stereocenters. The van der Waals surface area contributed by atoms with Gasteiger partial charge >= 0.3 is 0 Å². The normalized spacial score (nSPS) is 19.1. The Bertz CT molecular complexity index is 357. The fourth-order valence-electron chi connectivity index (χ4n) is 2.44. The molecule has 1 aromatic heterocycles. The molecule has 2 N–H and O–H groups in total. The molecule has 0 spiro atoms. The van der Waals surface area contributed by atoms with Crippen molar-refractivity contribution in [1.29, 1.82) is 0 Å². The Morgan fingerprint density at radius 3 is 2.76 bits per heavy atom. The van der Waals surface area contributed by atoms with Gasteiger partial charge in [0, 0.05) is 0 Å². The van der Waals surface area contributed by atoms with Crippen LogP contribution in [0.15, 0.2) is 4.52 Å². The predicted octanol–water partition coefficient (Wildman–Crippen LogP) is 1.64. The maximum atomic E-state index is 6.28. The standard InChI is InChI=1S/C12H22N4O/c1-3-8-16(2)9-10-14-11(15-17-10)12(13)6-4-5-7-12/h3-9,13H2,1-2H3. The molecule has 0 bridgehead atoms. The quantitative estimate of drug-likeness (QED) is 0.844. The van der Waals surface area contributed by atoms with Gasteiger partial charge in [0.05, 0.1) is 12.1 Å². The number of hydrogen-bond acceptors (Lipinski definition) is 5. The first-order valence-corrected chi connectivity index (χ1v) is 6.44. The summed E-state index contributed by atoms with van der Waals surface area (Å²) in [6.07, 6.45) is 5.39. The predicted molar refractivity (Wildman–Crippen MR) is 65.3 cm³/mol. The molecular weight excluding hydrogens is 216 g/mol. The van der Waals surface area contributed by atoms with E-state index >= 15 is 0 Å². The molecule has 1 aromatic rings. The van der Waals surface area contributed by atoms with Gasteiger partial charge in [-0.1, -0.05) is 24.9 Å². The molecule has 0 saturated heterocycles. The highest BCUT2D eigenvalue weighted by Crippen LogP contribution is 2.34. The molecule has 1 aliphatic rings. The van der Waals surface area contributed by atoms with E-state index in [4.69, 9.17) is 10.3 Å². The average molecular weight is 238 g/mol. The van der Waals surface area contributed by atoms with Crippen LogP contribution in [-0.2, 0) is 12.1 Å². The van der Waals surface area contributed by atoms with Crippen molar-refractivity contribution in [2.45, 2.75) is 51.1 Å². The minimum atomic E-state index is -0.342. The molecule has 0 radical (unpaired) electrons. The van der Waals surface area contributed by atoms with E-state index in [0.717, 1.165) is 38.6 Å². The highest BCUT2D eigenvalue weighted by molar-refractivity contribution is 5.06. The summed E-state index contributed by atoms with van der Waals surface area (Å²) in [4.78, 5) is 6.62. The SMILES string of the molecule is CCCN(C)Cc1nc(C2(N)CCCC2)no1. The lowest BCUT2D eigenvalue weighted by molar-refractivity contribution is 0.265. The first kappa shape index (κ1) is 12.5. The van der Waals surface area contributed by atoms with Gasteiger partial charge in [0.25, 0.3) is 0 Å². The second kappa shape index (κ2) is 5.14. The third kappa shape index (κ3) is 2.84. The molecule has 2 rings (SSSR count). The Kier molecular flexibility index (Phi) is 3.79. The van der Waals surface area contributed by atoms with Crippen LogP contribution in [0.4, 0.5) is 0 Å². The van der Waals surface area contributed by atoms with Crippen molar-refractivity contribution in [2.75, 3.05) is 13.6 Å². The lowest BCUT2D eigenvalue weighted by atomic mass is 9.99. The molecule has 1 heterocycles. The zero-order valence-corrected chi connectivity index (χ0v) is 10.8. The van der Waals surface area contributed by atoms with Gasteiger partial charge in [-0.3, -0.25) is 4.90 Å². The fourth-order valence-corrected chi connectivity index (χ4v) is 2.44. The zero-order valence-electron chi connectivity index (χ0n) is 10.8. The van der Waals surface area contributed by atoms with Gasteiger partial charge in [0.1, 0.15) is 0 Å². The van der Waals surface area contributed by atoms with Gasteiger partial charge in [-0.25, -0.2) is 0 Å². The summed E-state index contributed by atoms with van der Waals surface area (Å²) in [6.45, 7) is 3.89. The number of nitrogens with zero attached hydrogens (tertiary/aromatic N) is 3. The zero-order chi connectivity index (χ0) is 12.3.